The summed E-state index contributed by atoms with van der Waals surface area (Å²) in [7, 11) is 1.62. The van der Waals surface area contributed by atoms with Crippen molar-refractivity contribution in [1.82, 2.24) is 0 Å². The summed E-state index contributed by atoms with van der Waals surface area (Å²) in [4.78, 5) is 28.5. The molecule has 1 amide bonds. The van der Waals surface area contributed by atoms with Crippen LogP contribution >= 0.6 is 11.3 Å². The minimum Gasteiger partial charge on any atom is -0.497 e. The Hall–Kier alpha value is -2.40. The second-order valence-electron chi connectivity index (χ2n) is 6.34. The van der Waals surface area contributed by atoms with Gasteiger partial charge in [-0.05, 0) is 48.6 Å². The van der Waals surface area contributed by atoms with Gasteiger partial charge in [-0.1, -0.05) is 6.07 Å². The zero-order chi connectivity index (χ0) is 17.4. The lowest BCUT2D eigenvalue weighted by atomic mass is 9.79. The largest absolute Gasteiger partial charge is 0.497 e. The van der Waals surface area contributed by atoms with E-state index >= 15 is 0 Å². The van der Waals surface area contributed by atoms with Crippen LogP contribution in [0.5, 0.6) is 5.75 Å². The number of nitrogens with zero attached hydrogens (tertiary/aromatic N) is 1. The van der Waals surface area contributed by atoms with Crippen LogP contribution < -0.4 is 9.64 Å². The number of carbonyl (C=O) groups excluding carboxylic acids is 2. The molecule has 1 atom stereocenters. The average Bonchev–Trinajstić information content (AvgIpc) is 3.16. The highest BCUT2D eigenvalue weighted by Gasteiger charge is 2.39. The monoisotopic (exact) mass is 353 g/mol. The van der Waals surface area contributed by atoms with Gasteiger partial charge in [0.1, 0.15) is 5.75 Å². The number of Topliss-reactive ketones (excluding diaryl/α,β-unsaturated/α-hetero) is 1. The number of amides is 1. The van der Waals surface area contributed by atoms with Gasteiger partial charge in [-0.15, -0.1) is 11.3 Å². The van der Waals surface area contributed by atoms with Crippen molar-refractivity contribution in [2.45, 2.75) is 31.6 Å². The number of hydrogen-bond acceptors (Lipinski definition) is 4. The van der Waals surface area contributed by atoms with Crippen LogP contribution in [0.1, 0.15) is 36.5 Å². The first-order chi connectivity index (χ1) is 12.2. The molecule has 5 heteroatoms. The number of rotatable bonds is 3. The highest BCUT2D eigenvalue weighted by molar-refractivity contribution is 7.10. The van der Waals surface area contributed by atoms with Gasteiger partial charge >= 0.3 is 0 Å². The van der Waals surface area contributed by atoms with Crippen molar-refractivity contribution in [2.24, 2.45) is 0 Å². The summed E-state index contributed by atoms with van der Waals surface area (Å²) in [6.45, 7) is 0. The molecule has 128 valence electrons. The Morgan fingerprint density at radius 1 is 1.12 bits per heavy atom. The molecule has 4 rings (SSSR count). The summed E-state index contributed by atoms with van der Waals surface area (Å²) in [6, 6.07) is 11.5. The molecule has 1 aliphatic carbocycles. The minimum atomic E-state index is -0.0928. The molecule has 1 aliphatic heterocycles. The number of hydrogen-bond donors (Lipinski definition) is 0. The van der Waals surface area contributed by atoms with Crippen LogP contribution in [0, 0.1) is 0 Å². The molecule has 2 heterocycles. The predicted octanol–water partition coefficient (Wildman–Crippen LogP) is 4.28. The Morgan fingerprint density at radius 3 is 2.60 bits per heavy atom. The van der Waals surface area contributed by atoms with Crippen LogP contribution in [0.4, 0.5) is 5.69 Å². The Morgan fingerprint density at radius 2 is 1.92 bits per heavy atom. The first-order valence-corrected chi connectivity index (χ1v) is 9.33. The fourth-order valence-electron chi connectivity index (χ4n) is 3.76. The van der Waals surface area contributed by atoms with E-state index in [4.69, 9.17) is 4.74 Å². The summed E-state index contributed by atoms with van der Waals surface area (Å²) in [5, 5.41) is 2.00. The number of benzene rings is 1. The van der Waals surface area contributed by atoms with Crippen LogP contribution in [0.25, 0.3) is 0 Å². The molecule has 0 N–H and O–H groups in total. The number of allylic oxidation sites excluding steroid dienone is 2. The van der Waals surface area contributed by atoms with E-state index in [0.29, 0.717) is 12.8 Å². The molecule has 1 aromatic heterocycles. The van der Waals surface area contributed by atoms with Gasteiger partial charge in [0, 0.05) is 40.6 Å². The smallest absolute Gasteiger partial charge is 0.232 e. The van der Waals surface area contributed by atoms with Crippen molar-refractivity contribution >= 4 is 28.7 Å². The summed E-state index contributed by atoms with van der Waals surface area (Å²) in [5.41, 5.74) is 2.53. The fraction of sp³-hybridized carbons (Fsp3) is 0.300. The Balaban J connectivity index is 1.82. The van der Waals surface area contributed by atoms with Crippen molar-refractivity contribution in [3.63, 3.8) is 0 Å². The lowest BCUT2D eigenvalue weighted by Gasteiger charge is -2.38. The Kier molecular flexibility index (Phi) is 4.17. The second kappa shape index (κ2) is 6.48. The molecule has 2 aliphatic rings. The SMILES string of the molecule is COc1ccc(N2C(=O)CC(c3cccs3)C3=C2CCCC3=O)cc1. The van der Waals surface area contributed by atoms with E-state index in [2.05, 4.69) is 0 Å². The van der Waals surface area contributed by atoms with Gasteiger partial charge in [0.05, 0.1) is 7.11 Å². The number of ether oxygens (including phenoxy) is 1. The van der Waals surface area contributed by atoms with Gasteiger partial charge in [0.2, 0.25) is 5.91 Å². The van der Waals surface area contributed by atoms with Crippen molar-refractivity contribution in [1.29, 1.82) is 0 Å². The Bertz CT molecular complexity index is 836. The zero-order valence-corrected chi connectivity index (χ0v) is 14.8. The topological polar surface area (TPSA) is 46.6 Å². The van der Waals surface area contributed by atoms with E-state index in [0.717, 1.165) is 40.4 Å². The number of ketones is 1. The normalized spacial score (nSPS) is 20.7. The maximum absolute atomic E-state index is 13.0. The molecule has 1 aromatic carbocycles. The summed E-state index contributed by atoms with van der Waals surface area (Å²) in [5.74, 6) is 0.895. The molecule has 0 spiro atoms. The highest BCUT2D eigenvalue weighted by Crippen LogP contribution is 2.44. The van der Waals surface area contributed by atoms with Crippen LogP contribution in [0.15, 0.2) is 53.0 Å². The highest BCUT2D eigenvalue weighted by atomic mass is 32.1. The van der Waals surface area contributed by atoms with Gasteiger partial charge < -0.3 is 4.74 Å². The molecule has 0 bridgehead atoms. The lowest BCUT2D eigenvalue weighted by Crippen LogP contribution is -2.40. The van der Waals surface area contributed by atoms with Crippen molar-refractivity contribution < 1.29 is 14.3 Å². The lowest BCUT2D eigenvalue weighted by molar-refractivity contribution is -0.119. The number of methoxy groups -OCH3 is 1. The third-order valence-corrected chi connectivity index (χ3v) is 5.88. The van der Waals surface area contributed by atoms with Crippen molar-refractivity contribution in [3.8, 4) is 5.75 Å². The quantitative estimate of drug-likeness (QED) is 0.827. The van der Waals surface area contributed by atoms with E-state index in [1.165, 1.54) is 0 Å². The third kappa shape index (κ3) is 2.78. The van der Waals surface area contributed by atoms with Gasteiger partial charge in [-0.25, -0.2) is 0 Å². The summed E-state index contributed by atoms with van der Waals surface area (Å²) in [6.07, 6.45) is 2.48. The van der Waals surface area contributed by atoms with E-state index < -0.39 is 0 Å². The molecular formula is C20H19NO3S. The zero-order valence-electron chi connectivity index (χ0n) is 14.0. The maximum atomic E-state index is 13.0. The van der Waals surface area contributed by atoms with E-state index in [1.807, 2.05) is 41.8 Å². The average molecular weight is 353 g/mol. The fourth-order valence-corrected chi connectivity index (χ4v) is 4.59. The second-order valence-corrected chi connectivity index (χ2v) is 7.32. The van der Waals surface area contributed by atoms with Crippen LogP contribution in [-0.2, 0) is 9.59 Å². The minimum absolute atomic E-state index is 0.0528. The first kappa shape index (κ1) is 16.1. The van der Waals surface area contributed by atoms with E-state index in [-0.39, 0.29) is 17.6 Å². The van der Waals surface area contributed by atoms with Crippen molar-refractivity contribution in [2.75, 3.05) is 12.0 Å². The standard InChI is InChI=1S/C20H19NO3S/c1-24-14-9-7-13(8-10-14)21-16-4-2-5-17(22)20(16)15(12-19(21)23)18-6-3-11-25-18/h3,6-11,15H,2,4-5,12H2,1H3. The summed E-state index contributed by atoms with van der Waals surface area (Å²) >= 11 is 1.62. The maximum Gasteiger partial charge on any atom is 0.232 e. The predicted molar refractivity (Wildman–Crippen MR) is 98.0 cm³/mol. The third-order valence-electron chi connectivity index (χ3n) is 4.89. The van der Waals surface area contributed by atoms with E-state index in [1.54, 1.807) is 23.3 Å². The molecule has 4 nitrogen and oxygen atoms in total. The van der Waals surface area contributed by atoms with E-state index in [9.17, 15) is 9.59 Å². The molecule has 0 radical (unpaired) electrons. The Labute approximate surface area is 150 Å². The molecule has 1 unspecified atom stereocenters. The van der Waals surface area contributed by atoms with Gasteiger partial charge in [0.25, 0.3) is 0 Å². The summed E-state index contributed by atoms with van der Waals surface area (Å²) < 4.78 is 5.20. The molecule has 25 heavy (non-hydrogen) atoms. The molecule has 0 fully saturated rings. The first-order valence-electron chi connectivity index (χ1n) is 8.45. The van der Waals surface area contributed by atoms with Crippen LogP contribution in [-0.4, -0.2) is 18.8 Å². The number of anilines is 1. The van der Waals surface area contributed by atoms with Gasteiger partial charge in [0.15, 0.2) is 5.78 Å². The van der Waals surface area contributed by atoms with Gasteiger partial charge in [-0.2, -0.15) is 0 Å². The van der Waals surface area contributed by atoms with Crippen LogP contribution in [0.2, 0.25) is 0 Å². The molecule has 0 saturated carbocycles. The number of thiophene rings is 1. The van der Waals surface area contributed by atoms with Crippen molar-refractivity contribution in [3.05, 3.63) is 57.9 Å². The van der Waals surface area contributed by atoms with Crippen LogP contribution in [0.3, 0.4) is 0 Å². The number of carbonyl (C=O) groups is 2. The molecular weight excluding hydrogens is 334 g/mol. The molecule has 0 saturated heterocycles. The van der Waals surface area contributed by atoms with Gasteiger partial charge in [-0.3, -0.25) is 14.5 Å². The molecule has 2 aromatic rings.